The minimum absolute atomic E-state index is 0.0381. The highest BCUT2D eigenvalue weighted by atomic mass is 32.2. The molecule has 52 heavy (non-hydrogen) atoms. The standard InChI is InChI=1S/C37H39N5O8S2/c1-4-22-19-37(22,36(46)40-52(48,49)24-15-16-24)38-33(43)29-18-23(50-39-31-27-12-7-5-10-25(27)26-11-6-8-13-28(26)31)20-41(29)35(45)32(21(2)3)42(47)34(44)30-14-9-17-51-30/h4-14,17,21-24,29,32,47H,1,15-16,18-20H2,2-3H3,(H,38,43)(H,40,46)/t22-,23-,29+,32-,37+/m1/s1. The van der Waals surface area contributed by atoms with E-state index >= 15 is 0 Å². The highest BCUT2D eigenvalue weighted by Gasteiger charge is 2.62. The number of nitrogens with zero attached hydrogens (tertiary/aromatic N) is 3. The number of oxime groups is 1. The molecule has 0 spiro atoms. The van der Waals surface area contributed by atoms with Crippen molar-refractivity contribution in [2.24, 2.45) is 17.0 Å². The number of benzene rings is 2. The Balaban J connectivity index is 1.18. The maximum Gasteiger partial charge on any atom is 0.288 e. The molecule has 272 valence electrons. The largest absolute Gasteiger partial charge is 0.390 e. The summed E-state index contributed by atoms with van der Waals surface area (Å²) < 4.78 is 27.5. The van der Waals surface area contributed by atoms with Crippen LogP contribution in [0.2, 0.25) is 0 Å². The van der Waals surface area contributed by atoms with Crippen LogP contribution in [0.5, 0.6) is 0 Å². The Labute approximate surface area is 305 Å². The SMILES string of the molecule is C=C[C@@H]1C[C@@]1(NC(=O)[C@@H]1C[C@@H](ON=C2c3ccccc3-c3ccccc32)CN1C(=O)[C@@H](C(C)C)N(O)C(=O)c1cccs1)C(=O)NS(=O)(=O)C1CC1. The van der Waals surface area contributed by atoms with Crippen LogP contribution >= 0.6 is 11.3 Å². The van der Waals surface area contributed by atoms with E-state index in [-0.39, 0.29) is 24.3 Å². The van der Waals surface area contributed by atoms with Gasteiger partial charge in [-0.3, -0.25) is 29.1 Å². The first-order valence-electron chi connectivity index (χ1n) is 17.2. The van der Waals surface area contributed by atoms with E-state index in [2.05, 4.69) is 21.8 Å². The quantitative estimate of drug-likeness (QED) is 0.112. The molecule has 2 heterocycles. The average molecular weight is 746 g/mol. The number of thiophene rings is 1. The maximum absolute atomic E-state index is 14.4. The van der Waals surface area contributed by atoms with Gasteiger partial charge < -0.3 is 15.1 Å². The summed E-state index contributed by atoms with van der Waals surface area (Å²) >= 11 is 1.11. The van der Waals surface area contributed by atoms with Gasteiger partial charge >= 0.3 is 0 Å². The molecule has 15 heteroatoms. The van der Waals surface area contributed by atoms with Crippen LogP contribution in [0.25, 0.3) is 11.1 Å². The number of fused-ring (bicyclic) bond motifs is 3. The minimum atomic E-state index is -3.91. The van der Waals surface area contributed by atoms with E-state index < -0.39 is 74.5 Å². The van der Waals surface area contributed by atoms with E-state index in [1.54, 1.807) is 25.3 Å². The molecule has 1 aromatic heterocycles. The second kappa shape index (κ2) is 13.6. The molecule has 1 saturated heterocycles. The van der Waals surface area contributed by atoms with E-state index in [0.717, 1.165) is 33.6 Å². The number of carbonyl (C=O) groups is 4. The lowest BCUT2D eigenvalue weighted by Crippen LogP contribution is -2.59. The summed E-state index contributed by atoms with van der Waals surface area (Å²) in [4.78, 5) is 62.8. The highest BCUT2D eigenvalue weighted by Crippen LogP contribution is 2.45. The summed E-state index contributed by atoms with van der Waals surface area (Å²) in [6.45, 7) is 6.98. The zero-order valence-corrected chi connectivity index (χ0v) is 30.2. The van der Waals surface area contributed by atoms with Crippen molar-refractivity contribution >= 4 is 50.7 Å². The van der Waals surface area contributed by atoms with Gasteiger partial charge in [0.25, 0.3) is 11.8 Å². The Kier molecular flexibility index (Phi) is 9.30. The molecule has 5 atom stereocenters. The zero-order valence-electron chi connectivity index (χ0n) is 28.6. The third kappa shape index (κ3) is 6.41. The first-order valence-corrected chi connectivity index (χ1v) is 19.6. The smallest absolute Gasteiger partial charge is 0.288 e. The average Bonchev–Trinajstić information content (AvgIpc) is 3.95. The summed E-state index contributed by atoms with van der Waals surface area (Å²) in [5.41, 5.74) is 2.73. The van der Waals surface area contributed by atoms with E-state index in [4.69, 9.17) is 4.84 Å². The van der Waals surface area contributed by atoms with Crippen LogP contribution in [0, 0.1) is 11.8 Å². The maximum atomic E-state index is 14.4. The van der Waals surface area contributed by atoms with Crippen LogP contribution in [0.1, 0.15) is 60.3 Å². The number of hydrogen-bond donors (Lipinski definition) is 3. The second-order valence-corrected chi connectivity index (χ2v) is 16.9. The molecule has 3 aromatic rings. The molecule has 7 rings (SSSR count). The Morgan fingerprint density at radius 2 is 1.67 bits per heavy atom. The normalized spacial score (nSPS) is 23.7. The van der Waals surface area contributed by atoms with Gasteiger partial charge in [-0.15, -0.1) is 17.9 Å². The van der Waals surface area contributed by atoms with Crippen molar-refractivity contribution in [2.45, 2.75) is 68.5 Å². The third-order valence-electron chi connectivity index (χ3n) is 10.1. The van der Waals surface area contributed by atoms with E-state index in [0.29, 0.717) is 23.6 Å². The van der Waals surface area contributed by atoms with Crippen molar-refractivity contribution < 1.29 is 37.6 Å². The van der Waals surface area contributed by atoms with Gasteiger partial charge in [0.2, 0.25) is 21.8 Å². The number of amides is 4. The Morgan fingerprint density at radius 1 is 1.04 bits per heavy atom. The Morgan fingerprint density at radius 3 is 2.21 bits per heavy atom. The summed E-state index contributed by atoms with van der Waals surface area (Å²) in [5.74, 6) is -4.17. The van der Waals surface area contributed by atoms with Crippen LogP contribution in [0.4, 0.5) is 0 Å². The zero-order chi connectivity index (χ0) is 36.9. The van der Waals surface area contributed by atoms with Crippen molar-refractivity contribution in [2.75, 3.05) is 6.54 Å². The molecule has 3 fully saturated rings. The van der Waals surface area contributed by atoms with Crippen LogP contribution in [-0.2, 0) is 29.2 Å². The predicted molar refractivity (Wildman–Crippen MR) is 193 cm³/mol. The number of nitrogens with one attached hydrogen (secondary N) is 2. The topological polar surface area (TPSA) is 175 Å². The third-order valence-corrected chi connectivity index (χ3v) is 12.8. The molecule has 2 saturated carbocycles. The van der Waals surface area contributed by atoms with Crippen LogP contribution in [0.3, 0.4) is 0 Å². The van der Waals surface area contributed by atoms with Crippen molar-refractivity contribution in [1.29, 1.82) is 0 Å². The highest BCUT2D eigenvalue weighted by molar-refractivity contribution is 7.91. The Hall–Kier alpha value is -4.86. The lowest BCUT2D eigenvalue weighted by Gasteiger charge is -2.33. The van der Waals surface area contributed by atoms with E-state index in [1.807, 2.05) is 48.5 Å². The number of rotatable bonds is 12. The minimum Gasteiger partial charge on any atom is -0.390 e. The molecule has 0 unspecified atom stereocenters. The van der Waals surface area contributed by atoms with E-state index in [9.17, 15) is 32.8 Å². The number of hydrogen-bond acceptors (Lipinski definition) is 10. The molecule has 3 N–H and O–H groups in total. The van der Waals surface area contributed by atoms with Gasteiger partial charge in [0.05, 0.1) is 16.7 Å². The Bertz CT molecular complexity index is 2030. The summed E-state index contributed by atoms with van der Waals surface area (Å²) in [6.07, 6.45) is 1.66. The summed E-state index contributed by atoms with van der Waals surface area (Å²) in [6, 6.07) is 16.1. The summed E-state index contributed by atoms with van der Waals surface area (Å²) in [7, 11) is -3.91. The van der Waals surface area contributed by atoms with Crippen molar-refractivity contribution in [3.05, 3.63) is 94.7 Å². The predicted octanol–water partition coefficient (Wildman–Crippen LogP) is 3.69. The van der Waals surface area contributed by atoms with Crippen LogP contribution < -0.4 is 10.0 Å². The molecular weight excluding hydrogens is 707 g/mol. The van der Waals surface area contributed by atoms with Crippen molar-refractivity contribution in [3.63, 3.8) is 0 Å². The molecule has 0 bridgehead atoms. The van der Waals surface area contributed by atoms with Gasteiger partial charge in [-0.25, -0.2) is 13.5 Å². The fourth-order valence-electron chi connectivity index (χ4n) is 7.09. The van der Waals surface area contributed by atoms with Gasteiger partial charge in [-0.05, 0) is 47.8 Å². The second-order valence-electron chi connectivity index (χ2n) is 14.0. The van der Waals surface area contributed by atoms with Gasteiger partial charge in [-0.2, -0.15) is 0 Å². The van der Waals surface area contributed by atoms with Crippen molar-refractivity contribution in [1.82, 2.24) is 20.0 Å². The fourth-order valence-corrected chi connectivity index (χ4v) is 9.11. The molecule has 13 nitrogen and oxygen atoms in total. The molecule has 4 amide bonds. The van der Waals surface area contributed by atoms with Gasteiger partial charge in [0.15, 0.2) is 0 Å². The lowest BCUT2D eigenvalue weighted by atomic mass is 10.0. The van der Waals surface area contributed by atoms with Gasteiger partial charge in [0, 0.05) is 23.5 Å². The molecule has 4 aliphatic rings. The summed E-state index contributed by atoms with van der Waals surface area (Å²) in [5, 5.41) is 19.9. The van der Waals surface area contributed by atoms with Gasteiger partial charge in [0.1, 0.15) is 29.4 Å². The monoisotopic (exact) mass is 745 g/mol. The first kappa shape index (κ1) is 35.5. The number of sulfonamides is 1. The molecule has 0 radical (unpaired) electrons. The van der Waals surface area contributed by atoms with Gasteiger partial charge in [-0.1, -0.05) is 79.7 Å². The van der Waals surface area contributed by atoms with E-state index in [1.165, 1.54) is 17.0 Å². The number of likely N-dealkylation sites (tertiary alicyclic amines) is 1. The molecule has 1 aliphatic heterocycles. The van der Waals surface area contributed by atoms with Crippen LogP contribution in [0.15, 0.2) is 83.9 Å². The first-order chi connectivity index (χ1) is 24.9. The molecular formula is C37H39N5O8S2. The fraction of sp³-hybridized carbons (Fsp3) is 0.378. The molecule has 3 aliphatic carbocycles. The number of carbonyl (C=O) groups excluding carboxylic acids is 4. The molecule has 2 aromatic carbocycles. The van der Waals surface area contributed by atoms with Crippen molar-refractivity contribution in [3.8, 4) is 11.1 Å². The lowest BCUT2D eigenvalue weighted by molar-refractivity contribution is -0.159. The van der Waals surface area contributed by atoms with Crippen LogP contribution in [-0.4, -0.2) is 88.4 Å². The number of hydroxylamine groups is 2.